The summed E-state index contributed by atoms with van der Waals surface area (Å²) >= 11 is 6.72. The zero-order valence-electron chi connectivity index (χ0n) is 9.56. The number of aromatic nitrogens is 1. The van der Waals surface area contributed by atoms with E-state index in [4.69, 9.17) is 18.0 Å². The van der Waals surface area contributed by atoms with Crippen molar-refractivity contribution in [2.24, 2.45) is 5.73 Å². The predicted molar refractivity (Wildman–Crippen MR) is 76.2 cm³/mol. The largest absolute Gasteiger partial charge is 0.389 e. The van der Waals surface area contributed by atoms with Crippen LogP contribution in [0.1, 0.15) is 18.9 Å². The summed E-state index contributed by atoms with van der Waals surface area (Å²) in [5, 5.41) is 3.33. The molecule has 1 aromatic rings. The lowest BCUT2D eigenvalue weighted by molar-refractivity contribution is 0.767. The van der Waals surface area contributed by atoms with Crippen LogP contribution in [0.4, 0.5) is 5.82 Å². The fraction of sp³-hybridized carbons (Fsp3) is 0.455. The second kappa shape index (κ2) is 6.70. The van der Waals surface area contributed by atoms with Gasteiger partial charge in [-0.25, -0.2) is 4.98 Å². The standard InChI is InChI=1S/C11H17N3S2/c1-8(5-6-16-2)14-10-4-3-9(7-13-10)11(12)15/h3-4,7-8H,5-6H2,1-2H3,(H2,12,15)(H,13,14). The van der Waals surface area contributed by atoms with E-state index < -0.39 is 0 Å². The van der Waals surface area contributed by atoms with Crippen LogP contribution in [0.5, 0.6) is 0 Å². The van der Waals surface area contributed by atoms with Gasteiger partial charge in [-0.3, -0.25) is 0 Å². The molecule has 0 aliphatic rings. The van der Waals surface area contributed by atoms with E-state index in [2.05, 4.69) is 23.5 Å². The van der Waals surface area contributed by atoms with Crippen molar-refractivity contribution in [2.75, 3.05) is 17.3 Å². The highest BCUT2D eigenvalue weighted by molar-refractivity contribution is 7.98. The highest BCUT2D eigenvalue weighted by Gasteiger charge is 2.03. The Labute approximate surface area is 106 Å². The van der Waals surface area contributed by atoms with Crippen LogP contribution in [-0.4, -0.2) is 28.0 Å². The van der Waals surface area contributed by atoms with Crippen LogP contribution < -0.4 is 11.1 Å². The summed E-state index contributed by atoms with van der Waals surface area (Å²) in [6.45, 7) is 2.15. The Morgan fingerprint density at radius 2 is 2.38 bits per heavy atom. The molecule has 0 saturated carbocycles. The molecule has 0 fully saturated rings. The molecule has 0 spiro atoms. The van der Waals surface area contributed by atoms with E-state index in [0.717, 1.165) is 23.6 Å². The number of thioether (sulfide) groups is 1. The molecule has 16 heavy (non-hydrogen) atoms. The van der Waals surface area contributed by atoms with Gasteiger partial charge in [-0.1, -0.05) is 12.2 Å². The minimum Gasteiger partial charge on any atom is -0.389 e. The summed E-state index contributed by atoms with van der Waals surface area (Å²) in [5.41, 5.74) is 6.30. The molecule has 0 radical (unpaired) electrons. The number of thiocarbonyl (C=S) groups is 1. The Hall–Kier alpha value is -0.810. The fourth-order valence-electron chi connectivity index (χ4n) is 1.24. The third kappa shape index (κ3) is 4.37. The molecule has 0 bridgehead atoms. The number of anilines is 1. The van der Waals surface area contributed by atoms with Crippen molar-refractivity contribution < 1.29 is 0 Å². The van der Waals surface area contributed by atoms with Gasteiger partial charge in [0.25, 0.3) is 0 Å². The first kappa shape index (κ1) is 13.3. The normalized spacial score (nSPS) is 12.1. The number of rotatable bonds is 6. The highest BCUT2D eigenvalue weighted by Crippen LogP contribution is 2.09. The molecule has 1 atom stereocenters. The summed E-state index contributed by atoms with van der Waals surface area (Å²) in [7, 11) is 0. The quantitative estimate of drug-likeness (QED) is 0.764. The molecule has 1 aromatic heterocycles. The molecule has 0 amide bonds. The summed E-state index contributed by atoms with van der Waals surface area (Å²) in [5.74, 6) is 2.02. The lowest BCUT2D eigenvalue weighted by atomic mass is 10.2. The van der Waals surface area contributed by atoms with Gasteiger partial charge in [0.05, 0.1) is 0 Å². The smallest absolute Gasteiger partial charge is 0.126 e. The molecular formula is C11H17N3S2. The first-order valence-electron chi connectivity index (χ1n) is 5.15. The van der Waals surface area contributed by atoms with Gasteiger partial charge in [0.1, 0.15) is 10.8 Å². The van der Waals surface area contributed by atoms with Crippen LogP contribution in [0.3, 0.4) is 0 Å². The van der Waals surface area contributed by atoms with E-state index in [0.29, 0.717) is 11.0 Å². The minimum absolute atomic E-state index is 0.384. The topological polar surface area (TPSA) is 50.9 Å². The van der Waals surface area contributed by atoms with Gasteiger partial charge in [0.15, 0.2) is 0 Å². The summed E-state index contributed by atoms with van der Waals surface area (Å²) in [6.07, 6.45) is 4.94. The van der Waals surface area contributed by atoms with Crippen LogP contribution in [0, 0.1) is 0 Å². The number of hydrogen-bond donors (Lipinski definition) is 2. The van der Waals surface area contributed by atoms with E-state index >= 15 is 0 Å². The summed E-state index contributed by atoms with van der Waals surface area (Å²) < 4.78 is 0. The van der Waals surface area contributed by atoms with Crippen molar-refractivity contribution >= 4 is 34.8 Å². The van der Waals surface area contributed by atoms with Gasteiger partial charge in [-0.05, 0) is 37.5 Å². The maximum absolute atomic E-state index is 5.50. The van der Waals surface area contributed by atoms with Crippen molar-refractivity contribution in [1.82, 2.24) is 4.98 Å². The molecule has 0 aliphatic heterocycles. The van der Waals surface area contributed by atoms with E-state index in [1.165, 1.54) is 0 Å². The van der Waals surface area contributed by atoms with Gasteiger partial charge in [-0.2, -0.15) is 11.8 Å². The summed E-state index contributed by atoms with van der Waals surface area (Å²) in [6, 6.07) is 4.22. The third-order valence-corrected chi connectivity index (χ3v) is 3.08. The van der Waals surface area contributed by atoms with Crippen molar-refractivity contribution in [2.45, 2.75) is 19.4 Å². The van der Waals surface area contributed by atoms with Crippen LogP contribution in [0.2, 0.25) is 0 Å². The molecule has 0 aliphatic carbocycles. The van der Waals surface area contributed by atoms with E-state index in [1.807, 2.05) is 23.9 Å². The van der Waals surface area contributed by atoms with Crippen molar-refractivity contribution in [3.05, 3.63) is 23.9 Å². The predicted octanol–water partition coefficient (Wildman–Crippen LogP) is 2.27. The molecule has 3 N–H and O–H groups in total. The van der Waals surface area contributed by atoms with Gasteiger partial charge < -0.3 is 11.1 Å². The summed E-state index contributed by atoms with van der Waals surface area (Å²) in [4.78, 5) is 4.65. The van der Waals surface area contributed by atoms with Crippen LogP contribution in [0.15, 0.2) is 18.3 Å². The lowest BCUT2D eigenvalue weighted by Gasteiger charge is -2.13. The average Bonchev–Trinajstić information content (AvgIpc) is 2.27. The van der Waals surface area contributed by atoms with Crippen molar-refractivity contribution in [1.29, 1.82) is 0 Å². The first-order valence-corrected chi connectivity index (χ1v) is 6.95. The maximum atomic E-state index is 5.50. The van der Waals surface area contributed by atoms with E-state index in [9.17, 15) is 0 Å². The van der Waals surface area contributed by atoms with Crippen LogP contribution in [-0.2, 0) is 0 Å². The number of nitrogens with one attached hydrogen (secondary N) is 1. The molecule has 0 aromatic carbocycles. The van der Waals surface area contributed by atoms with Crippen LogP contribution >= 0.6 is 24.0 Å². The fourth-order valence-corrected chi connectivity index (χ4v) is 1.95. The monoisotopic (exact) mass is 255 g/mol. The molecule has 1 unspecified atom stereocenters. The Bertz CT molecular complexity index is 338. The third-order valence-electron chi connectivity index (χ3n) is 2.20. The zero-order chi connectivity index (χ0) is 12.0. The zero-order valence-corrected chi connectivity index (χ0v) is 11.2. The molecule has 1 rings (SSSR count). The van der Waals surface area contributed by atoms with Gasteiger partial charge >= 0.3 is 0 Å². The number of nitrogens with two attached hydrogens (primary N) is 1. The maximum Gasteiger partial charge on any atom is 0.126 e. The molecule has 1 heterocycles. The lowest BCUT2D eigenvalue weighted by Crippen LogP contribution is -2.17. The second-order valence-corrected chi connectivity index (χ2v) is 5.05. The van der Waals surface area contributed by atoms with E-state index in [-0.39, 0.29) is 0 Å². The number of nitrogens with zero attached hydrogens (tertiary/aromatic N) is 1. The van der Waals surface area contributed by atoms with Gasteiger partial charge in [-0.15, -0.1) is 0 Å². The molecule has 88 valence electrons. The van der Waals surface area contributed by atoms with Crippen molar-refractivity contribution in [3.63, 3.8) is 0 Å². The molecule has 5 heteroatoms. The second-order valence-electron chi connectivity index (χ2n) is 3.62. The molecule has 3 nitrogen and oxygen atoms in total. The van der Waals surface area contributed by atoms with E-state index in [1.54, 1.807) is 6.20 Å². The Kier molecular flexibility index (Phi) is 5.55. The van der Waals surface area contributed by atoms with Crippen molar-refractivity contribution in [3.8, 4) is 0 Å². The molecular weight excluding hydrogens is 238 g/mol. The molecule has 0 saturated heterocycles. The first-order chi connectivity index (χ1) is 7.63. The van der Waals surface area contributed by atoms with Crippen LogP contribution in [0.25, 0.3) is 0 Å². The Morgan fingerprint density at radius 3 is 2.88 bits per heavy atom. The number of pyridine rings is 1. The Morgan fingerprint density at radius 1 is 1.62 bits per heavy atom. The average molecular weight is 255 g/mol. The highest BCUT2D eigenvalue weighted by atomic mass is 32.2. The minimum atomic E-state index is 0.384. The van der Waals surface area contributed by atoms with Gasteiger partial charge in [0.2, 0.25) is 0 Å². The Balaban J connectivity index is 2.51. The number of hydrogen-bond acceptors (Lipinski definition) is 4. The van der Waals surface area contributed by atoms with Gasteiger partial charge in [0, 0.05) is 17.8 Å². The SMILES string of the molecule is CSCCC(C)Nc1ccc(C(N)=S)cn1.